The van der Waals surface area contributed by atoms with Gasteiger partial charge in [0.15, 0.2) is 5.17 Å². The number of benzene rings is 2. The number of rotatable bonds is 4. The molecular formula is C31H31F6N5O3S. The Morgan fingerprint density at radius 1 is 1.04 bits per heavy atom. The highest BCUT2D eigenvalue weighted by atomic mass is 32.2. The number of nitrogens with zero attached hydrogens (tertiary/aromatic N) is 5. The van der Waals surface area contributed by atoms with E-state index in [-0.39, 0.29) is 23.8 Å². The Labute approximate surface area is 265 Å². The average Bonchev–Trinajstić information content (AvgIpc) is 3.53. The maximum absolute atomic E-state index is 13.7. The monoisotopic (exact) mass is 667 g/mol. The van der Waals surface area contributed by atoms with Gasteiger partial charge >= 0.3 is 18.4 Å². The maximum Gasteiger partial charge on any atom is 0.416 e. The van der Waals surface area contributed by atoms with E-state index in [1.807, 2.05) is 32.6 Å². The van der Waals surface area contributed by atoms with E-state index in [9.17, 15) is 35.9 Å². The second kappa shape index (κ2) is 12.3. The van der Waals surface area contributed by atoms with Crippen molar-refractivity contribution in [3.05, 3.63) is 69.8 Å². The largest absolute Gasteiger partial charge is 0.444 e. The topological polar surface area (TPSA) is 80.0 Å². The van der Waals surface area contributed by atoms with E-state index in [0.717, 1.165) is 6.07 Å². The molecule has 0 aliphatic carbocycles. The summed E-state index contributed by atoms with van der Waals surface area (Å²) >= 11 is 1.22. The molecule has 46 heavy (non-hydrogen) atoms. The van der Waals surface area contributed by atoms with E-state index in [1.165, 1.54) is 22.6 Å². The number of amidine groups is 1. The molecule has 3 aromatic rings. The molecular weight excluding hydrogens is 636 g/mol. The van der Waals surface area contributed by atoms with Crippen LogP contribution < -0.4 is 0 Å². The third-order valence-electron chi connectivity index (χ3n) is 7.49. The van der Waals surface area contributed by atoms with Crippen LogP contribution in [0.4, 0.5) is 31.1 Å². The lowest BCUT2D eigenvalue weighted by atomic mass is 10.0. The zero-order chi connectivity index (χ0) is 33.6. The zero-order valence-corrected chi connectivity index (χ0v) is 26.2. The van der Waals surface area contributed by atoms with Gasteiger partial charge in [0.25, 0.3) is 5.91 Å². The summed E-state index contributed by atoms with van der Waals surface area (Å²) in [6.07, 6.45) is -6.50. The summed E-state index contributed by atoms with van der Waals surface area (Å²) in [5, 5.41) is 5.26. The number of hydrogen-bond acceptors (Lipinski definition) is 6. The zero-order valence-electron chi connectivity index (χ0n) is 25.4. The summed E-state index contributed by atoms with van der Waals surface area (Å²) in [7, 11) is 0. The van der Waals surface area contributed by atoms with Gasteiger partial charge in [0, 0.05) is 25.0 Å². The summed E-state index contributed by atoms with van der Waals surface area (Å²) in [5.74, 6) is -0.416. The van der Waals surface area contributed by atoms with Crippen LogP contribution in [0.15, 0.2) is 52.5 Å². The van der Waals surface area contributed by atoms with Gasteiger partial charge in [0.05, 0.1) is 40.3 Å². The van der Waals surface area contributed by atoms with Crippen LogP contribution in [0.2, 0.25) is 0 Å². The minimum absolute atomic E-state index is 0.112. The molecule has 2 amide bonds. The molecule has 2 aromatic carbocycles. The fourth-order valence-electron chi connectivity index (χ4n) is 5.26. The van der Waals surface area contributed by atoms with Crippen molar-refractivity contribution in [2.45, 2.75) is 64.7 Å². The van der Waals surface area contributed by atoms with Gasteiger partial charge in [-0.05, 0) is 80.4 Å². The van der Waals surface area contributed by atoms with Gasteiger partial charge in [-0.25, -0.2) is 4.79 Å². The number of amides is 2. The molecule has 2 aliphatic heterocycles. The molecule has 0 spiro atoms. The van der Waals surface area contributed by atoms with Gasteiger partial charge in [0.1, 0.15) is 5.60 Å². The Morgan fingerprint density at radius 2 is 1.78 bits per heavy atom. The second-order valence-corrected chi connectivity index (χ2v) is 13.0. The first-order valence-corrected chi connectivity index (χ1v) is 15.2. The van der Waals surface area contributed by atoms with E-state index >= 15 is 0 Å². The highest BCUT2D eigenvalue weighted by Gasteiger charge is 2.39. The number of alkyl halides is 6. The van der Waals surface area contributed by atoms with Gasteiger partial charge in [-0.2, -0.15) is 36.4 Å². The van der Waals surface area contributed by atoms with Crippen molar-refractivity contribution in [2.24, 2.45) is 4.99 Å². The average molecular weight is 668 g/mol. The number of fused-ring (bicyclic) bond motifs is 1. The first-order chi connectivity index (χ1) is 21.4. The predicted octanol–water partition coefficient (Wildman–Crippen LogP) is 7.42. The molecule has 246 valence electrons. The van der Waals surface area contributed by atoms with Crippen LogP contribution in [0, 0.1) is 0 Å². The van der Waals surface area contributed by atoms with Crippen LogP contribution in [-0.2, 0) is 28.4 Å². The van der Waals surface area contributed by atoms with Crippen molar-refractivity contribution in [3.8, 4) is 0 Å². The van der Waals surface area contributed by atoms with Gasteiger partial charge in [-0.3, -0.25) is 9.48 Å². The Kier molecular flexibility index (Phi) is 8.92. The fourth-order valence-corrected chi connectivity index (χ4v) is 6.21. The third-order valence-corrected chi connectivity index (χ3v) is 8.53. The molecule has 8 nitrogen and oxygen atoms in total. The summed E-state index contributed by atoms with van der Waals surface area (Å²) in [6, 6.07) is 6.44. The molecule has 1 atom stereocenters. The number of aromatic nitrogens is 2. The number of carbonyl (C=O) groups is 2. The molecule has 2 aliphatic rings. The molecule has 15 heteroatoms. The van der Waals surface area contributed by atoms with Crippen LogP contribution in [0.1, 0.15) is 56.4 Å². The molecule has 1 unspecified atom stereocenters. The van der Waals surface area contributed by atoms with E-state index in [0.29, 0.717) is 58.7 Å². The van der Waals surface area contributed by atoms with Crippen molar-refractivity contribution in [1.29, 1.82) is 0 Å². The predicted molar refractivity (Wildman–Crippen MR) is 162 cm³/mol. The minimum atomic E-state index is -4.99. The molecule has 1 saturated heterocycles. The first-order valence-electron chi connectivity index (χ1n) is 14.4. The van der Waals surface area contributed by atoms with Crippen LogP contribution in [-0.4, -0.2) is 68.0 Å². The minimum Gasteiger partial charge on any atom is -0.444 e. The van der Waals surface area contributed by atoms with Crippen LogP contribution in [0.5, 0.6) is 0 Å². The Bertz CT molecular complexity index is 1720. The summed E-state index contributed by atoms with van der Waals surface area (Å²) in [5.41, 5.74) is -2.64. The number of ether oxygens (including phenoxy) is 1. The summed E-state index contributed by atoms with van der Waals surface area (Å²) in [4.78, 5) is 33.8. The number of aliphatic imine (C=N–C) groups is 1. The van der Waals surface area contributed by atoms with E-state index < -0.39 is 41.5 Å². The first kappa shape index (κ1) is 33.4. The van der Waals surface area contributed by atoms with Gasteiger partial charge in [-0.15, -0.1) is 0 Å². The lowest BCUT2D eigenvalue weighted by molar-refractivity contribution is -0.143. The number of halogens is 6. The Morgan fingerprint density at radius 3 is 2.43 bits per heavy atom. The third kappa shape index (κ3) is 7.34. The highest BCUT2D eigenvalue weighted by molar-refractivity contribution is 8.18. The molecule has 0 radical (unpaired) electrons. The molecule has 1 fully saturated rings. The second-order valence-electron chi connectivity index (χ2n) is 12.0. The highest BCUT2D eigenvalue weighted by Crippen LogP contribution is 2.38. The summed E-state index contributed by atoms with van der Waals surface area (Å²) in [6.45, 7) is 8.39. The van der Waals surface area contributed by atoms with Crippen LogP contribution >= 0.6 is 11.8 Å². The maximum atomic E-state index is 13.7. The van der Waals surface area contributed by atoms with Crippen molar-refractivity contribution in [1.82, 2.24) is 19.6 Å². The van der Waals surface area contributed by atoms with Gasteiger partial charge < -0.3 is 14.5 Å². The van der Waals surface area contributed by atoms with Gasteiger partial charge in [0.2, 0.25) is 0 Å². The number of piperazine rings is 1. The molecule has 3 heterocycles. The normalized spacial score (nSPS) is 18.9. The molecule has 0 N–H and O–H groups in total. The van der Waals surface area contributed by atoms with Crippen molar-refractivity contribution >= 4 is 45.9 Å². The van der Waals surface area contributed by atoms with E-state index in [4.69, 9.17) is 4.74 Å². The number of hydrogen-bond donors (Lipinski definition) is 0. The lowest BCUT2D eigenvalue weighted by Gasteiger charge is -2.41. The smallest absolute Gasteiger partial charge is 0.416 e. The fraction of sp³-hybridized carbons (Fsp3) is 0.419. The SMILES string of the molecule is CCC1CN(C2=NC(=O)C(=Cc3ccc4c(cnn4Cc4ccc(C(F)(F)F)cc4C(F)(F)F)c3)S2)CCN1C(=O)OC(C)(C)C. The molecule has 1 aromatic heterocycles. The van der Waals surface area contributed by atoms with Crippen LogP contribution in [0.25, 0.3) is 17.0 Å². The van der Waals surface area contributed by atoms with E-state index in [2.05, 4.69) is 10.1 Å². The lowest BCUT2D eigenvalue weighted by Crippen LogP contribution is -2.56. The van der Waals surface area contributed by atoms with Gasteiger partial charge in [-0.1, -0.05) is 19.1 Å². The number of carbonyl (C=O) groups excluding carboxylic acids is 2. The van der Waals surface area contributed by atoms with Crippen molar-refractivity contribution in [2.75, 3.05) is 19.6 Å². The van der Waals surface area contributed by atoms with Crippen molar-refractivity contribution < 1.29 is 40.7 Å². The Balaban J connectivity index is 1.30. The van der Waals surface area contributed by atoms with E-state index in [1.54, 1.807) is 29.2 Å². The molecule has 5 rings (SSSR count). The van der Waals surface area contributed by atoms with Crippen molar-refractivity contribution in [3.63, 3.8) is 0 Å². The molecule has 0 saturated carbocycles. The summed E-state index contributed by atoms with van der Waals surface area (Å²) < 4.78 is 87.0. The Hall–Kier alpha value is -4.01. The van der Waals surface area contributed by atoms with Crippen LogP contribution in [0.3, 0.4) is 0 Å². The quantitative estimate of drug-likeness (QED) is 0.213. The molecule has 0 bridgehead atoms. The standard InChI is InChI=1S/C31H31F6N5O3S/c1-5-22-17-40(10-11-41(22)28(44)45-29(2,3)4)27-39-26(43)25(46-27)13-18-6-9-24-20(12-18)15-38-42(24)16-19-7-8-21(30(32,33)34)14-23(19)31(35,36)37/h6-9,12-15,22H,5,10-11,16-17H2,1-4H3. The number of thioether (sulfide) groups is 1.